The number of rotatable bonds is 9. The fourth-order valence-electron chi connectivity index (χ4n) is 3.54. The summed E-state index contributed by atoms with van der Waals surface area (Å²) in [5.74, 6) is -0.489. The highest BCUT2D eigenvalue weighted by Gasteiger charge is 2.13. The number of esters is 1. The summed E-state index contributed by atoms with van der Waals surface area (Å²) in [5.41, 5.74) is 4.93. The first-order valence-corrected chi connectivity index (χ1v) is 12.2. The summed E-state index contributed by atoms with van der Waals surface area (Å²) in [4.78, 5) is 37.4. The minimum Gasteiger partial charge on any atom is -0.497 e. The maximum atomic E-state index is 12.6. The van der Waals surface area contributed by atoms with E-state index in [0.29, 0.717) is 33.1 Å². The van der Waals surface area contributed by atoms with Crippen molar-refractivity contribution in [2.75, 3.05) is 12.4 Å². The van der Waals surface area contributed by atoms with Crippen molar-refractivity contribution in [1.82, 2.24) is 5.43 Å². The topological polar surface area (TPSA) is 106 Å². The predicted octanol–water partition coefficient (Wildman–Crippen LogP) is 5.51. The second-order valence-corrected chi connectivity index (χ2v) is 8.73. The lowest BCUT2D eigenvalue weighted by Crippen LogP contribution is -2.18. The van der Waals surface area contributed by atoms with E-state index < -0.39 is 11.9 Å². The second-order valence-electron chi connectivity index (χ2n) is 8.29. The molecule has 0 aromatic heterocycles. The van der Waals surface area contributed by atoms with Gasteiger partial charge in [0.2, 0.25) is 5.91 Å². The number of halogens is 1. The van der Waals surface area contributed by atoms with Crippen LogP contribution in [-0.4, -0.2) is 31.1 Å². The number of hydrazone groups is 1. The predicted molar refractivity (Wildman–Crippen MR) is 150 cm³/mol. The Labute approximate surface area is 230 Å². The Bertz CT molecular complexity index is 1510. The van der Waals surface area contributed by atoms with Crippen molar-refractivity contribution in [1.29, 1.82) is 0 Å². The van der Waals surface area contributed by atoms with E-state index in [1.54, 1.807) is 60.7 Å². The molecule has 0 aliphatic rings. The maximum Gasteiger partial charge on any atom is 0.343 e. The smallest absolute Gasteiger partial charge is 0.343 e. The van der Waals surface area contributed by atoms with Crippen LogP contribution >= 0.6 is 11.6 Å². The molecule has 2 N–H and O–H groups in total. The fourth-order valence-corrected chi connectivity index (χ4v) is 3.72. The van der Waals surface area contributed by atoms with Gasteiger partial charge in [-0.1, -0.05) is 48.0 Å². The Balaban J connectivity index is 1.36. The van der Waals surface area contributed by atoms with Crippen molar-refractivity contribution < 1.29 is 23.9 Å². The largest absolute Gasteiger partial charge is 0.497 e. The number of anilines is 1. The van der Waals surface area contributed by atoms with Crippen LogP contribution in [0.4, 0.5) is 5.69 Å². The molecular formula is C30H24ClN3O5. The summed E-state index contributed by atoms with van der Waals surface area (Å²) in [6, 6.07) is 27.0. The van der Waals surface area contributed by atoms with E-state index >= 15 is 0 Å². The number of hydrogen-bond donors (Lipinski definition) is 2. The average molecular weight is 542 g/mol. The lowest BCUT2D eigenvalue weighted by molar-refractivity contribution is -0.115. The van der Waals surface area contributed by atoms with Gasteiger partial charge in [0.15, 0.2) is 0 Å². The minimum atomic E-state index is -0.592. The molecule has 0 saturated heterocycles. The molecule has 0 aliphatic heterocycles. The van der Waals surface area contributed by atoms with E-state index in [4.69, 9.17) is 21.1 Å². The van der Waals surface area contributed by atoms with E-state index in [-0.39, 0.29) is 18.1 Å². The Hall–Kier alpha value is -4.95. The molecular weight excluding hydrogens is 518 g/mol. The van der Waals surface area contributed by atoms with Gasteiger partial charge in [-0.05, 0) is 66.2 Å². The number of ether oxygens (including phenoxy) is 2. The first-order valence-electron chi connectivity index (χ1n) is 11.8. The number of hydrogen-bond acceptors (Lipinski definition) is 6. The van der Waals surface area contributed by atoms with Gasteiger partial charge in [-0.3, -0.25) is 9.59 Å². The third-order valence-electron chi connectivity index (χ3n) is 5.49. The molecule has 0 fully saturated rings. The monoisotopic (exact) mass is 541 g/mol. The van der Waals surface area contributed by atoms with Gasteiger partial charge in [-0.15, -0.1) is 0 Å². The SMILES string of the molecule is COc1cccc(C(=O)Oc2ccc(Cl)cc2/C=N/NC(=O)c2ccc(NC(=O)Cc3ccccc3)cc2)c1. The van der Waals surface area contributed by atoms with Gasteiger partial charge in [-0.25, -0.2) is 10.2 Å². The minimum absolute atomic E-state index is 0.160. The van der Waals surface area contributed by atoms with Crippen molar-refractivity contribution in [2.24, 2.45) is 5.10 Å². The summed E-state index contributed by atoms with van der Waals surface area (Å²) >= 11 is 6.11. The quantitative estimate of drug-likeness (QED) is 0.126. The Morgan fingerprint density at radius 1 is 0.872 bits per heavy atom. The van der Waals surface area contributed by atoms with Gasteiger partial charge >= 0.3 is 5.97 Å². The highest BCUT2D eigenvalue weighted by Crippen LogP contribution is 2.23. The van der Waals surface area contributed by atoms with E-state index in [0.717, 1.165) is 5.56 Å². The highest BCUT2D eigenvalue weighted by molar-refractivity contribution is 6.31. The maximum absolute atomic E-state index is 12.6. The number of nitrogens with zero attached hydrogens (tertiary/aromatic N) is 1. The molecule has 0 spiro atoms. The number of methoxy groups -OCH3 is 1. The molecule has 0 aliphatic carbocycles. The summed E-state index contributed by atoms with van der Waals surface area (Å²) < 4.78 is 10.7. The third-order valence-corrected chi connectivity index (χ3v) is 5.72. The van der Waals surface area contributed by atoms with Gasteiger partial charge in [-0.2, -0.15) is 5.10 Å². The zero-order chi connectivity index (χ0) is 27.6. The van der Waals surface area contributed by atoms with Crippen molar-refractivity contribution >= 4 is 41.3 Å². The average Bonchev–Trinajstić information content (AvgIpc) is 2.95. The van der Waals surface area contributed by atoms with Crippen LogP contribution in [0.5, 0.6) is 11.5 Å². The Morgan fingerprint density at radius 3 is 2.38 bits per heavy atom. The molecule has 39 heavy (non-hydrogen) atoms. The Kier molecular flexibility index (Phi) is 9.05. The lowest BCUT2D eigenvalue weighted by Gasteiger charge is -2.09. The Morgan fingerprint density at radius 2 is 1.64 bits per heavy atom. The second kappa shape index (κ2) is 13.0. The van der Waals surface area contributed by atoms with E-state index in [1.807, 2.05) is 30.3 Å². The highest BCUT2D eigenvalue weighted by atomic mass is 35.5. The molecule has 0 bridgehead atoms. The van der Waals surface area contributed by atoms with E-state index in [2.05, 4.69) is 15.8 Å². The van der Waals surface area contributed by atoms with Crippen LogP contribution < -0.4 is 20.2 Å². The third kappa shape index (κ3) is 7.77. The molecule has 4 aromatic carbocycles. The molecule has 4 aromatic rings. The molecule has 0 heterocycles. The fraction of sp³-hybridized carbons (Fsp3) is 0.0667. The van der Waals surface area contributed by atoms with Crippen LogP contribution in [0.3, 0.4) is 0 Å². The van der Waals surface area contributed by atoms with Crippen LogP contribution in [0.1, 0.15) is 31.8 Å². The summed E-state index contributed by atoms with van der Waals surface area (Å²) in [6.45, 7) is 0. The summed E-state index contributed by atoms with van der Waals surface area (Å²) in [7, 11) is 1.51. The van der Waals surface area contributed by atoms with Crippen LogP contribution in [0.2, 0.25) is 5.02 Å². The van der Waals surface area contributed by atoms with E-state index in [1.165, 1.54) is 19.4 Å². The first kappa shape index (κ1) is 27.1. The normalized spacial score (nSPS) is 10.6. The number of amides is 2. The number of benzene rings is 4. The van der Waals surface area contributed by atoms with Gasteiger partial charge in [0.25, 0.3) is 5.91 Å². The first-order chi connectivity index (χ1) is 18.9. The van der Waals surface area contributed by atoms with Crippen molar-refractivity contribution in [3.63, 3.8) is 0 Å². The van der Waals surface area contributed by atoms with Crippen LogP contribution in [0.15, 0.2) is 102 Å². The molecule has 2 amide bonds. The van der Waals surface area contributed by atoms with Gasteiger partial charge in [0.05, 0.1) is 25.3 Å². The molecule has 9 heteroatoms. The van der Waals surface area contributed by atoms with Crippen molar-refractivity contribution in [2.45, 2.75) is 6.42 Å². The van der Waals surface area contributed by atoms with Crippen molar-refractivity contribution in [3.05, 3.63) is 124 Å². The summed E-state index contributed by atoms with van der Waals surface area (Å²) in [6.07, 6.45) is 1.58. The van der Waals surface area contributed by atoms with Gasteiger partial charge in [0.1, 0.15) is 11.5 Å². The van der Waals surface area contributed by atoms with Gasteiger partial charge in [0, 0.05) is 21.8 Å². The molecule has 8 nitrogen and oxygen atoms in total. The zero-order valence-corrected chi connectivity index (χ0v) is 21.6. The standard InChI is InChI=1S/C30H24ClN3O5/c1-38-26-9-5-8-22(18-26)30(37)39-27-15-12-24(31)17-23(27)19-32-34-29(36)21-10-13-25(14-11-21)33-28(35)16-20-6-3-2-4-7-20/h2-15,17-19H,16H2,1H3,(H,33,35)(H,34,36)/b32-19+. The molecule has 4 rings (SSSR count). The van der Waals surface area contributed by atoms with Crippen LogP contribution in [0, 0.1) is 0 Å². The zero-order valence-electron chi connectivity index (χ0n) is 20.9. The molecule has 196 valence electrons. The molecule has 0 radical (unpaired) electrons. The molecule has 0 unspecified atom stereocenters. The summed E-state index contributed by atoms with van der Waals surface area (Å²) in [5, 5.41) is 7.18. The molecule has 0 atom stereocenters. The molecule has 0 saturated carbocycles. The van der Waals surface area contributed by atoms with Crippen LogP contribution in [0.25, 0.3) is 0 Å². The van der Waals surface area contributed by atoms with Crippen LogP contribution in [-0.2, 0) is 11.2 Å². The number of carbonyl (C=O) groups is 3. The lowest BCUT2D eigenvalue weighted by atomic mass is 10.1. The van der Waals surface area contributed by atoms with Gasteiger partial charge < -0.3 is 14.8 Å². The van der Waals surface area contributed by atoms with Crippen molar-refractivity contribution in [3.8, 4) is 11.5 Å². The van der Waals surface area contributed by atoms with E-state index in [9.17, 15) is 14.4 Å². The number of nitrogens with one attached hydrogen (secondary N) is 2. The number of carbonyl (C=O) groups excluding carboxylic acids is 3.